The molecule has 0 radical (unpaired) electrons. The van der Waals surface area contributed by atoms with Crippen molar-refractivity contribution in [2.75, 3.05) is 32.5 Å². The smallest absolute Gasteiger partial charge is 0.208 e. The molecule has 0 spiro atoms. The Labute approximate surface area is 183 Å². The van der Waals surface area contributed by atoms with Crippen LogP contribution in [0.15, 0.2) is 33.7 Å². The topological polar surface area (TPSA) is 105 Å². The maximum Gasteiger partial charge on any atom is 0.208 e. The van der Waals surface area contributed by atoms with E-state index in [-0.39, 0.29) is 36.6 Å². The molecule has 3 N–H and O–H groups in total. The van der Waals surface area contributed by atoms with E-state index in [0.29, 0.717) is 25.7 Å². The number of fused-ring (bicyclic) bond motifs is 1. The van der Waals surface area contributed by atoms with Crippen molar-refractivity contribution in [1.82, 2.24) is 15.4 Å². The number of guanidine groups is 1. The van der Waals surface area contributed by atoms with Crippen LogP contribution in [0.4, 0.5) is 0 Å². The summed E-state index contributed by atoms with van der Waals surface area (Å²) in [6.45, 7) is 7.70. The summed E-state index contributed by atoms with van der Waals surface area (Å²) in [5.74, 6) is 2.07. The molecule has 1 heterocycles. The third-order valence-electron chi connectivity index (χ3n) is 3.70. The van der Waals surface area contributed by atoms with Crippen LogP contribution in [0.3, 0.4) is 0 Å². The van der Waals surface area contributed by atoms with E-state index in [1.54, 1.807) is 0 Å². The van der Waals surface area contributed by atoms with Gasteiger partial charge in [0.2, 0.25) is 10.0 Å². The molecule has 0 aliphatic rings. The summed E-state index contributed by atoms with van der Waals surface area (Å²) in [6.07, 6.45) is 1.13. The Balaban J connectivity index is 0.00000392. The van der Waals surface area contributed by atoms with Gasteiger partial charge in [-0.3, -0.25) is 4.99 Å². The van der Waals surface area contributed by atoms with E-state index in [1.807, 2.05) is 45.0 Å². The highest BCUT2D eigenvalue weighted by molar-refractivity contribution is 14.0. The van der Waals surface area contributed by atoms with Gasteiger partial charge < -0.3 is 19.8 Å². The fraction of sp³-hybridized carbons (Fsp3) is 0.500. The summed E-state index contributed by atoms with van der Waals surface area (Å²) < 4.78 is 36.3. The second-order valence-electron chi connectivity index (χ2n) is 6.05. The van der Waals surface area contributed by atoms with Gasteiger partial charge >= 0.3 is 0 Å². The number of nitrogens with zero attached hydrogens (tertiary/aromatic N) is 1. The predicted octanol–water partition coefficient (Wildman–Crippen LogP) is 2.61. The highest BCUT2D eigenvalue weighted by Crippen LogP contribution is 2.31. The highest BCUT2D eigenvalue weighted by atomic mass is 127. The summed E-state index contributed by atoms with van der Waals surface area (Å²) >= 11 is 0. The first kappa shape index (κ1) is 24.5. The number of rotatable bonds is 9. The second-order valence-corrected chi connectivity index (χ2v) is 7.88. The van der Waals surface area contributed by atoms with Crippen LogP contribution in [-0.4, -0.2) is 46.9 Å². The SMILES string of the molecule is CCNC(=NCCNS(C)(=O)=O)NC(C)c1cc2cccc(OCC)c2o1.I. The van der Waals surface area contributed by atoms with Gasteiger partial charge in [0.15, 0.2) is 17.3 Å². The van der Waals surface area contributed by atoms with Crippen LogP contribution in [-0.2, 0) is 10.0 Å². The van der Waals surface area contributed by atoms with Crippen LogP contribution in [0.5, 0.6) is 5.75 Å². The average Bonchev–Trinajstić information content (AvgIpc) is 3.03. The minimum atomic E-state index is -3.21. The number of aliphatic imine (C=N–C) groups is 1. The normalized spacial score (nSPS) is 13.1. The Bertz CT molecular complexity index is 883. The standard InChI is InChI=1S/C18H28N4O4S.HI/c1-5-19-18(20-10-11-21-27(4,23)24)22-13(3)16-12-14-8-7-9-15(25-6-2)17(14)26-16;/h7-9,12-13,21H,5-6,10-11H2,1-4H3,(H2,19,20,22);1H. The quantitative estimate of drug-likeness (QED) is 0.202. The van der Waals surface area contributed by atoms with Crippen molar-refractivity contribution in [1.29, 1.82) is 0 Å². The largest absolute Gasteiger partial charge is 0.490 e. The van der Waals surface area contributed by atoms with Gasteiger partial charge in [0.1, 0.15) is 5.76 Å². The summed E-state index contributed by atoms with van der Waals surface area (Å²) in [6, 6.07) is 7.65. The van der Waals surface area contributed by atoms with Crippen LogP contribution < -0.4 is 20.1 Å². The summed E-state index contributed by atoms with van der Waals surface area (Å²) in [5.41, 5.74) is 0.724. The number of nitrogens with one attached hydrogen (secondary N) is 3. The number of furan rings is 1. The summed E-state index contributed by atoms with van der Waals surface area (Å²) in [4.78, 5) is 4.38. The zero-order valence-electron chi connectivity index (χ0n) is 16.6. The molecule has 8 nitrogen and oxygen atoms in total. The maximum atomic E-state index is 11.1. The lowest BCUT2D eigenvalue weighted by atomic mass is 10.2. The van der Waals surface area contributed by atoms with E-state index in [2.05, 4.69) is 20.3 Å². The molecule has 0 saturated heterocycles. The maximum absolute atomic E-state index is 11.1. The molecule has 0 aliphatic heterocycles. The van der Waals surface area contributed by atoms with Gasteiger partial charge in [-0.1, -0.05) is 12.1 Å². The Kier molecular flexibility index (Phi) is 10.0. The van der Waals surface area contributed by atoms with Crippen LogP contribution in [0, 0.1) is 0 Å². The van der Waals surface area contributed by atoms with E-state index < -0.39 is 10.0 Å². The first-order chi connectivity index (χ1) is 12.8. The van der Waals surface area contributed by atoms with Gasteiger partial charge in [-0.25, -0.2) is 13.1 Å². The Morgan fingerprint density at radius 3 is 2.71 bits per heavy atom. The molecular weight excluding hydrogens is 495 g/mol. The zero-order chi connectivity index (χ0) is 19.9. The van der Waals surface area contributed by atoms with Gasteiger partial charge in [-0.2, -0.15) is 0 Å². The average molecular weight is 524 g/mol. The van der Waals surface area contributed by atoms with Crippen molar-refractivity contribution in [3.8, 4) is 5.75 Å². The molecule has 28 heavy (non-hydrogen) atoms. The first-order valence-electron chi connectivity index (χ1n) is 8.98. The first-order valence-corrected chi connectivity index (χ1v) is 10.9. The molecule has 1 aromatic carbocycles. The number of benzene rings is 1. The van der Waals surface area contributed by atoms with E-state index >= 15 is 0 Å². The Morgan fingerprint density at radius 1 is 1.32 bits per heavy atom. The van der Waals surface area contributed by atoms with Gasteiger partial charge in [-0.05, 0) is 32.9 Å². The summed E-state index contributed by atoms with van der Waals surface area (Å²) in [5, 5.41) is 7.39. The van der Waals surface area contributed by atoms with Gasteiger partial charge in [0.05, 0.1) is 25.4 Å². The fourth-order valence-electron chi connectivity index (χ4n) is 2.53. The van der Waals surface area contributed by atoms with Crippen LogP contribution in [0.2, 0.25) is 0 Å². The third kappa shape index (κ3) is 7.47. The number of para-hydroxylation sites is 1. The van der Waals surface area contributed by atoms with Crippen molar-refractivity contribution in [3.05, 3.63) is 30.0 Å². The number of sulfonamides is 1. The number of ether oxygens (including phenoxy) is 1. The lowest BCUT2D eigenvalue weighted by molar-refractivity contribution is 0.336. The van der Waals surface area contributed by atoms with Crippen molar-refractivity contribution in [2.24, 2.45) is 4.99 Å². The van der Waals surface area contributed by atoms with Crippen LogP contribution in [0.25, 0.3) is 11.0 Å². The Morgan fingerprint density at radius 2 is 2.07 bits per heavy atom. The molecule has 2 aromatic rings. The lowest BCUT2D eigenvalue weighted by Crippen LogP contribution is -2.39. The molecule has 1 aromatic heterocycles. The molecule has 10 heteroatoms. The van der Waals surface area contributed by atoms with Crippen molar-refractivity contribution < 1.29 is 17.6 Å². The van der Waals surface area contributed by atoms with Gasteiger partial charge in [-0.15, -0.1) is 24.0 Å². The van der Waals surface area contributed by atoms with Crippen molar-refractivity contribution in [2.45, 2.75) is 26.8 Å². The summed E-state index contributed by atoms with van der Waals surface area (Å²) in [7, 11) is -3.21. The second kappa shape index (κ2) is 11.5. The molecule has 0 bridgehead atoms. The molecule has 158 valence electrons. The van der Waals surface area contributed by atoms with Gasteiger partial charge in [0, 0.05) is 18.5 Å². The zero-order valence-corrected chi connectivity index (χ0v) is 19.8. The molecule has 1 atom stereocenters. The lowest BCUT2D eigenvalue weighted by Gasteiger charge is -2.16. The molecule has 0 saturated carbocycles. The molecule has 1 unspecified atom stereocenters. The number of hydrogen-bond acceptors (Lipinski definition) is 5. The molecule has 0 aliphatic carbocycles. The Hall–Kier alpha value is -1.53. The highest BCUT2D eigenvalue weighted by Gasteiger charge is 2.15. The third-order valence-corrected chi connectivity index (χ3v) is 4.43. The minimum absolute atomic E-state index is 0. The monoisotopic (exact) mass is 524 g/mol. The van der Waals surface area contributed by atoms with E-state index in [1.165, 1.54) is 0 Å². The number of halogens is 1. The fourth-order valence-corrected chi connectivity index (χ4v) is 3.00. The van der Waals surface area contributed by atoms with Crippen LogP contribution >= 0.6 is 24.0 Å². The van der Waals surface area contributed by atoms with E-state index in [4.69, 9.17) is 9.15 Å². The van der Waals surface area contributed by atoms with Crippen LogP contribution in [0.1, 0.15) is 32.6 Å². The van der Waals surface area contributed by atoms with Gasteiger partial charge in [0.25, 0.3) is 0 Å². The molecular formula is C18H29IN4O4S. The van der Waals surface area contributed by atoms with Crippen molar-refractivity contribution >= 4 is 50.9 Å². The predicted molar refractivity (Wildman–Crippen MR) is 123 cm³/mol. The molecule has 0 amide bonds. The van der Waals surface area contributed by atoms with Crippen molar-refractivity contribution in [3.63, 3.8) is 0 Å². The van der Waals surface area contributed by atoms with E-state index in [0.717, 1.165) is 28.7 Å². The minimum Gasteiger partial charge on any atom is -0.490 e. The van der Waals surface area contributed by atoms with E-state index in [9.17, 15) is 8.42 Å². The molecule has 2 rings (SSSR count). The number of hydrogen-bond donors (Lipinski definition) is 3. The molecule has 0 fully saturated rings.